The van der Waals surface area contributed by atoms with E-state index in [0.717, 1.165) is 8.99 Å². The number of halogens is 1. The van der Waals surface area contributed by atoms with E-state index in [1.165, 1.54) is 26.4 Å². The molecule has 0 spiro atoms. The zero-order valence-electron chi connectivity index (χ0n) is 15.9. The molecule has 0 saturated heterocycles. The Bertz CT molecular complexity index is 1090. The minimum atomic E-state index is -3.66. The van der Waals surface area contributed by atoms with Gasteiger partial charge in [0.2, 0.25) is 15.9 Å². The molecule has 10 heteroatoms. The van der Waals surface area contributed by atoms with E-state index in [4.69, 9.17) is 11.6 Å². The van der Waals surface area contributed by atoms with Gasteiger partial charge < -0.3 is 5.32 Å². The van der Waals surface area contributed by atoms with Crippen molar-refractivity contribution in [3.05, 3.63) is 57.0 Å². The van der Waals surface area contributed by atoms with Crippen molar-refractivity contribution < 1.29 is 13.2 Å². The zero-order valence-corrected chi connectivity index (χ0v) is 17.5. The maximum atomic E-state index is 12.4. The Morgan fingerprint density at radius 3 is 2.64 bits per heavy atom. The van der Waals surface area contributed by atoms with Crippen LogP contribution in [0.15, 0.2) is 40.2 Å². The Kier molecular flexibility index (Phi) is 6.76. The number of hydrogen-bond donors (Lipinski definition) is 1. The van der Waals surface area contributed by atoms with Crippen LogP contribution in [-0.4, -0.2) is 42.5 Å². The number of allylic oxidation sites excluding steroid dienone is 1. The molecule has 1 heterocycles. The number of nitrogens with zero attached hydrogens (tertiary/aromatic N) is 3. The van der Waals surface area contributed by atoms with Crippen LogP contribution >= 0.6 is 11.6 Å². The van der Waals surface area contributed by atoms with Crippen molar-refractivity contribution in [2.45, 2.75) is 25.3 Å². The summed E-state index contributed by atoms with van der Waals surface area (Å²) in [6.07, 6.45) is 4.49. The fraction of sp³-hybridized carbons (Fsp3) is 0.278. The maximum Gasteiger partial charge on any atom is 0.276 e. The average molecular weight is 425 g/mol. The van der Waals surface area contributed by atoms with Gasteiger partial charge in [0.15, 0.2) is 0 Å². The van der Waals surface area contributed by atoms with Gasteiger partial charge >= 0.3 is 0 Å². The van der Waals surface area contributed by atoms with Gasteiger partial charge in [-0.1, -0.05) is 29.8 Å². The summed E-state index contributed by atoms with van der Waals surface area (Å²) in [4.78, 5) is 24.8. The van der Waals surface area contributed by atoms with Crippen LogP contribution < -0.4 is 10.9 Å². The number of sulfonamides is 1. The highest BCUT2D eigenvalue weighted by Crippen LogP contribution is 2.22. The van der Waals surface area contributed by atoms with Gasteiger partial charge in [0.25, 0.3) is 5.56 Å². The first-order chi connectivity index (χ1) is 13.1. The molecule has 28 heavy (non-hydrogen) atoms. The predicted octanol–water partition coefficient (Wildman–Crippen LogP) is 2.13. The third kappa shape index (κ3) is 4.67. The van der Waals surface area contributed by atoms with E-state index in [-0.39, 0.29) is 22.0 Å². The maximum absolute atomic E-state index is 12.4. The van der Waals surface area contributed by atoms with E-state index in [1.54, 1.807) is 38.1 Å². The SMILES string of the molecule is C/C=C/c1c(Cl)cnn(CC(=O)Nc2ccc(C)c(S(=O)(=O)N(C)C)c2)c1=O. The van der Waals surface area contributed by atoms with Crippen molar-refractivity contribution in [2.24, 2.45) is 0 Å². The van der Waals surface area contributed by atoms with Crippen molar-refractivity contribution in [1.82, 2.24) is 14.1 Å². The number of aryl methyl sites for hydroxylation is 1. The molecule has 1 N–H and O–H groups in total. The highest BCUT2D eigenvalue weighted by Gasteiger charge is 2.20. The number of rotatable bonds is 6. The van der Waals surface area contributed by atoms with Gasteiger partial charge in [0.1, 0.15) is 6.54 Å². The Labute approximate surface area is 168 Å². The topological polar surface area (TPSA) is 101 Å². The molecule has 1 aromatic carbocycles. The average Bonchev–Trinajstić information content (AvgIpc) is 2.62. The highest BCUT2D eigenvalue weighted by molar-refractivity contribution is 7.89. The van der Waals surface area contributed by atoms with E-state index in [0.29, 0.717) is 11.3 Å². The second kappa shape index (κ2) is 8.68. The minimum Gasteiger partial charge on any atom is -0.324 e. The lowest BCUT2D eigenvalue weighted by Crippen LogP contribution is -2.31. The van der Waals surface area contributed by atoms with E-state index in [9.17, 15) is 18.0 Å². The van der Waals surface area contributed by atoms with E-state index >= 15 is 0 Å². The van der Waals surface area contributed by atoms with Gasteiger partial charge in [-0.25, -0.2) is 17.4 Å². The molecule has 0 atom stereocenters. The van der Waals surface area contributed by atoms with Gasteiger partial charge in [-0.15, -0.1) is 0 Å². The normalized spacial score (nSPS) is 11.9. The van der Waals surface area contributed by atoms with Gasteiger partial charge in [-0.05, 0) is 31.5 Å². The molecule has 0 bridgehead atoms. The van der Waals surface area contributed by atoms with Crippen molar-refractivity contribution >= 4 is 39.3 Å². The monoisotopic (exact) mass is 424 g/mol. The first-order valence-corrected chi connectivity index (χ1v) is 10.1. The van der Waals surface area contributed by atoms with E-state index in [2.05, 4.69) is 10.4 Å². The van der Waals surface area contributed by atoms with Crippen LogP contribution in [0, 0.1) is 6.92 Å². The minimum absolute atomic E-state index is 0.0902. The summed E-state index contributed by atoms with van der Waals surface area (Å²) >= 11 is 5.96. The summed E-state index contributed by atoms with van der Waals surface area (Å²) in [7, 11) is -0.793. The van der Waals surface area contributed by atoms with Crippen molar-refractivity contribution in [3.63, 3.8) is 0 Å². The summed E-state index contributed by atoms with van der Waals surface area (Å²) in [5.41, 5.74) is 0.590. The summed E-state index contributed by atoms with van der Waals surface area (Å²) in [5, 5.41) is 6.65. The molecule has 0 aliphatic rings. The van der Waals surface area contributed by atoms with Crippen molar-refractivity contribution in [3.8, 4) is 0 Å². The van der Waals surface area contributed by atoms with E-state index in [1.807, 2.05) is 0 Å². The molecule has 1 amide bonds. The molecule has 2 aromatic rings. The third-order valence-electron chi connectivity index (χ3n) is 3.89. The first-order valence-electron chi connectivity index (χ1n) is 8.29. The Morgan fingerprint density at radius 1 is 1.36 bits per heavy atom. The van der Waals surface area contributed by atoms with Crippen molar-refractivity contribution in [1.29, 1.82) is 0 Å². The molecule has 0 aliphatic carbocycles. The number of carbonyl (C=O) groups is 1. The first kappa shape index (κ1) is 21.8. The van der Waals surface area contributed by atoms with Crippen LogP contribution in [0.3, 0.4) is 0 Å². The Morgan fingerprint density at radius 2 is 2.04 bits per heavy atom. The van der Waals surface area contributed by atoms with Crippen LogP contribution in [-0.2, 0) is 21.4 Å². The number of aromatic nitrogens is 2. The Balaban J connectivity index is 2.28. The number of benzene rings is 1. The van der Waals surface area contributed by atoms with Gasteiger partial charge in [0, 0.05) is 19.8 Å². The third-order valence-corrected chi connectivity index (χ3v) is 6.15. The lowest BCUT2D eigenvalue weighted by atomic mass is 10.2. The summed E-state index contributed by atoms with van der Waals surface area (Å²) in [5.74, 6) is -0.527. The molecule has 2 rings (SSSR count). The zero-order chi connectivity index (χ0) is 21.1. The van der Waals surface area contributed by atoms with Crippen LogP contribution in [0.4, 0.5) is 5.69 Å². The van der Waals surface area contributed by atoms with Gasteiger partial charge in [-0.2, -0.15) is 5.10 Å². The molecule has 1 aromatic heterocycles. The lowest BCUT2D eigenvalue weighted by molar-refractivity contribution is -0.117. The number of hydrogen-bond acceptors (Lipinski definition) is 5. The number of carbonyl (C=O) groups excluding carboxylic acids is 1. The number of anilines is 1. The lowest BCUT2D eigenvalue weighted by Gasteiger charge is -2.15. The predicted molar refractivity (Wildman–Crippen MR) is 109 cm³/mol. The van der Waals surface area contributed by atoms with Gasteiger partial charge in [0.05, 0.1) is 21.7 Å². The molecule has 0 unspecified atom stereocenters. The molecular formula is C18H21ClN4O4S. The van der Waals surface area contributed by atoms with Crippen LogP contribution in [0.2, 0.25) is 5.02 Å². The smallest absolute Gasteiger partial charge is 0.276 e. The summed E-state index contributed by atoms with van der Waals surface area (Å²) in [6.45, 7) is 3.07. The molecule has 0 aliphatic heterocycles. The Hall–Kier alpha value is -2.49. The van der Waals surface area contributed by atoms with Crippen molar-refractivity contribution in [2.75, 3.05) is 19.4 Å². The fourth-order valence-corrected chi connectivity index (χ4v) is 3.73. The molecule has 0 fully saturated rings. The quantitative estimate of drug-likeness (QED) is 0.765. The standard InChI is InChI=1S/C18H21ClN4O4S/c1-5-6-14-15(19)10-20-23(18(14)25)11-17(24)21-13-8-7-12(2)16(9-13)28(26,27)22(3)4/h5-10H,11H2,1-4H3,(H,21,24)/b6-5+. The van der Waals surface area contributed by atoms with E-state index < -0.39 is 21.5 Å². The molecular weight excluding hydrogens is 404 g/mol. The second-order valence-corrected chi connectivity index (χ2v) is 8.71. The number of amides is 1. The second-order valence-electron chi connectivity index (χ2n) is 6.18. The molecule has 150 valence electrons. The van der Waals surface area contributed by atoms with Gasteiger partial charge in [-0.3, -0.25) is 9.59 Å². The summed E-state index contributed by atoms with van der Waals surface area (Å²) in [6, 6.07) is 4.57. The summed E-state index contributed by atoms with van der Waals surface area (Å²) < 4.78 is 26.9. The highest BCUT2D eigenvalue weighted by atomic mass is 35.5. The molecule has 0 radical (unpaired) electrons. The fourth-order valence-electron chi connectivity index (χ4n) is 2.40. The molecule has 8 nitrogen and oxygen atoms in total. The molecule has 0 saturated carbocycles. The van der Waals surface area contributed by atoms with Crippen LogP contribution in [0.5, 0.6) is 0 Å². The van der Waals surface area contributed by atoms with Crippen LogP contribution in [0.25, 0.3) is 6.08 Å². The largest absolute Gasteiger partial charge is 0.324 e. The number of nitrogens with one attached hydrogen (secondary N) is 1. The van der Waals surface area contributed by atoms with Crippen LogP contribution in [0.1, 0.15) is 18.1 Å².